The summed E-state index contributed by atoms with van der Waals surface area (Å²) in [5.41, 5.74) is 10.0. The van der Waals surface area contributed by atoms with Gasteiger partial charge in [-0.15, -0.1) is 0 Å². The van der Waals surface area contributed by atoms with Crippen molar-refractivity contribution in [3.8, 4) is 5.75 Å². The quantitative estimate of drug-likeness (QED) is 0.875. The van der Waals surface area contributed by atoms with Crippen LogP contribution in [0.2, 0.25) is 0 Å². The maximum absolute atomic E-state index is 6.41. The van der Waals surface area contributed by atoms with E-state index < -0.39 is 0 Å². The van der Waals surface area contributed by atoms with Crippen molar-refractivity contribution in [2.75, 3.05) is 12.9 Å². The van der Waals surface area contributed by atoms with Gasteiger partial charge >= 0.3 is 0 Å². The van der Waals surface area contributed by atoms with Crippen molar-refractivity contribution in [1.82, 2.24) is 0 Å². The molecule has 2 rings (SSSR count). The summed E-state index contributed by atoms with van der Waals surface area (Å²) in [5.74, 6) is 1.96. The first-order valence-corrected chi connectivity index (χ1v) is 8.69. The van der Waals surface area contributed by atoms with Gasteiger partial charge in [0.1, 0.15) is 5.75 Å². The van der Waals surface area contributed by atoms with Crippen molar-refractivity contribution in [3.63, 3.8) is 0 Å². The van der Waals surface area contributed by atoms with Gasteiger partial charge in [-0.05, 0) is 37.8 Å². The van der Waals surface area contributed by atoms with Crippen molar-refractivity contribution in [2.24, 2.45) is 5.73 Å². The highest BCUT2D eigenvalue weighted by molar-refractivity contribution is 7.99. The van der Waals surface area contributed by atoms with E-state index in [0.29, 0.717) is 0 Å². The molecule has 3 heteroatoms. The number of hydrogen-bond donors (Lipinski definition) is 1. The van der Waals surface area contributed by atoms with Crippen LogP contribution in [0.4, 0.5) is 0 Å². The molecule has 1 saturated carbocycles. The summed E-state index contributed by atoms with van der Waals surface area (Å²) in [7, 11) is 1.74. The predicted molar refractivity (Wildman–Crippen MR) is 88.7 cm³/mol. The number of thioether (sulfide) groups is 1. The average molecular weight is 293 g/mol. The third-order valence-electron chi connectivity index (χ3n) is 4.37. The zero-order valence-corrected chi connectivity index (χ0v) is 13.8. The maximum Gasteiger partial charge on any atom is 0.126 e. The Morgan fingerprint density at radius 1 is 1.25 bits per heavy atom. The fourth-order valence-electron chi connectivity index (χ4n) is 2.94. The summed E-state index contributed by atoms with van der Waals surface area (Å²) < 4.78 is 5.58. The first-order chi connectivity index (χ1) is 9.63. The van der Waals surface area contributed by atoms with E-state index in [1.54, 1.807) is 7.11 Å². The second-order valence-electron chi connectivity index (χ2n) is 5.83. The molecule has 2 N–H and O–H groups in total. The Balaban J connectivity index is 2.01. The number of ether oxygens (including phenoxy) is 1. The molecular formula is C17H27NOS. The summed E-state index contributed by atoms with van der Waals surface area (Å²) in [5, 5.41) is 0.812. The Labute approximate surface area is 127 Å². The van der Waals surface area contributed by atoms with Gasteiger partial charge in [-0.1, -0.05) is 31.4 Å². The minimum Gasteiger partial charge on any atom is -0.496 e. The minimum absolute atomic E-state index is 0.0659. The first kappa shape index (κ1) is 15.7. The van der Waals surface area contributed by atoms with Crippen LogP contribution in [0.3, 0.4) is 0 Å². The minimum atomic E-state index is 0.0659. The second-order valence-corrected chi connectivity index (χ2v) is 7.16. The van der Waals surface area contributed by atoms with Crippen LogP contribution < -0.4 is 10.5 Å². The monoisotopic (exact) mass is 293 g/mol. The molecule has 1 atom stereocenters. The number of rotatable bonds is 5. The molecule has 20 heavy (non-hydrogen) atoms. The van der Waals surface area contributed by atoms with E-state index in [-0.39, 0.29) is 6.04 Å². The van der Waals surface area contributed by atoms with E-state index in [1.807, 2.05) is 11.8 Å². The normalized spacial score (nSPS) is 18.0. The largest absolute Gasteiger partial charge is 0.496 e. The van der Waals surface area contributed by atoms with Crippen LogP contribution in [0, 0.1) is 13.8 Å². The Morgan fingerprint density at radius 3 is 2.60 bits per heavy atom. The predicted octanol–water partition coefficient (Wildman–Crippen LogP) is 4.38. The topological polar surface area (TPSA) is 35.2 Å². The van der Waals surface area contributed by atoms with Gasteiger partial charge in [0.05, 0.1) is 7.11 Å². The fourth-order valence-corrected chi connectivity index (χ4v) is 4.26. The van der Waals surface area contributed by atoms with Gasteiger partial charge < -0.3 is 10.5 Å². The number of nitrogens with two attached hydrogens (primary N) is 1. The van der Waals surface area contributed by atoms with Crippen molar-refractivity contribution in [1.29, 1.82) is 0 Å². The number of methoxy groups -OCH3 is 1. The number of hydrogen-bond acceptors (Lipinski definition) is 3. The molecule has 112 valence electrons. The average Bonchev–Trinajstić information content (AvgIpc) is 2.48. The summed E-state index contributed by atoms with van der Waals surface area (Å²) in [6, 6.07) is 4.35. The smallest absolute Gasteiger partial charge is 0.126 e. The third kappa shape index (κ3) is 3.70. The number of aryl methyl sites for hydroxylation is 1. The zero-order valence-electron chi connectivity index (χ0n) is 12.9. The van der Waals surface area contributed by atoms with Crippen LogP contribution in [-0.2, 0) is 0 Å². The summed E-state index contributed by atoms with van der Waals surface area (Å²) in [4.78, 5) is 0. The molecule has 0 aromatic heterocycles. The highest BCUT2D eigenvalue weighted by Crippen LogP contribution is 2.34. The Kier molecular flexibility index (Phi) is 5.79. The van der Waals surface area contributed by atoms with E-state index in [1.165, 1.54) is 43.2 Å². The molecule has 0 bridgehead atoms. The first-order valence-electron chi connectivity index (χ1n) is 7.64. The molecule has 1 unspecified atom stereocenters. The van der Waals surface area contributed by atoms with Gasteiger partial charge in [0, 0.05) is 22.6 Å². The maximum atomic E-state index is 6.41. The van der Waals surface area contributed by atoms with Gasteiger partial charge in [0.25, 0.3) is 0 Å². The highest BCUT2D eigenvalue weighted by Gasteiger charge is 2.19. The van der Waals surface area contributed by atoms with E-state index in [4.69, 9.17) is 10.5 Å². The van der Waals surface area contributed by atoms with Gasteiger partial charge in [-0.2, -0.15) is 11.8 Å². The molecule has 1 aliphatic carbocycles. The summed E-state index contributed by atoms with van der Waals surface area (Å²) in [6.07, 6.45) is 6.91. The Hall–Kier alpha value is -0.670. The highest BCUT2D eigenvalue weighted by atomic mass is 32.2. The fraction of sp³-hybridized carbons (Fsp3) is 0.647. The van der Waals surface area contributed by atoms with E-state index in [0.717, 1.165) is 22.3 Å². The van der Waals surface area contributed by atoms with E-state index in [9.17, 15) is 0 Å². The third-order valence-corrected chi connectivity index (χ3v) is 5.87. The van der Waals surface area contributed by atoms with Crippen LogP contribution in [0.1, 0.15) is 54.8 Å². The van der Waals surface area contributed by atoms with Crippen LogP contribution >= 0.6 is 11.8 Å². The molecular weight excluding hydrogens is 266 g/mol. The van der Waals surface area contributed by atoms with Crippen LogP contribution in [0.5, 0.6) is 5.75 Å². The molecule has 0 aliphatic heterocycles. The van der Waals surface area contributed by atoms with Crippen LogP contribution in [0.25, 0.3) is 0 Å². The van der Waals surface area contributed by atoms with Crippen molar-refractivity contribution in [2.45, 2.75) is 57.2 Å². The number of benzene rings is 1. The molecule has 0 amide bonds. The van der Waals surface area contributed by atoms with Crippen LogP contribution in [-0.4, -0.2) is 18.1 Å². The molecule has 0 spiro atoms. The second kappa shape index (κ2) is 7.37. The Bertz CT molecular complexity index is 441. The lowest BCUT2D eigenvalue weighted by Gasteiger charge is -2.24. The molecule has 1 aromatic carbocycles. The molecule has 1 aliphatic rings. The summed E-state index contributed by atoms with van der Waals surface area (Å²) >= 11 is 2.05. The molecule has 2 nitrogen and oxygen atoms in total. The molecule has 0 radical (unpaired) electrons. The molecule has 0 heterocycles. The lowest BCUT2D eigenvalue weighted by Crippen LogP contribution is -2.18. The Morgan fingerprint density at radius 2 is 1.95 bits per heavy atom. The van der Waals surface area contributed by atoms with Gasteiger partial charge in [0.15, 0.2) is 0 Å². The van der Waals surface area contributed by atoms with Gasteiger partial charge in [-0.3, -0.25) is 0 Å². The summed E-state index contributed by atoms with van der Waals surface area (Å²) in [6.45, 7) is 4.22. The van der Waals surface area contributed by atoms with E-state index in [2.05, 4.69) is 26.0 Å². The van der Waals surface area contributed by atoms with Crippen molar-refractivity contribution < 1.29 is 4.74 Å². The molecule has 1 fully saturated rings. The standard InChI is InChI=1S/C17H27NOS/c1-12-9-10-15(17(19-3)13(12)2)16(18)11-20-14-7-5-4-6-8-14/h9-10,14,16H,4-8,11,18H2,1-3H3. The van der Waals surface area contributed by atoms with Crippen LogP contribution in [0.15, 0.2) is 12.1 Å². The lowest BCUT2D eigenvalue weighted by molar-refractivity contribution is 0.403. The van der Waals surface area contributed by atoms with Gasteiger partial charge in [-0.25, -0.2) is 0 Å². The zero-order chi connectivity index (χ0) is 14.5. The lowest BCUT2D eigenvalue weighted by atomic mass is 10.00. The van der Waals surface area contributed by atoms with Crippen molar-refractivity contribution in [3.05, 3.63) is 28.8 Å². The molecule has 0 saturated heterocycles. The SMILES string of the molecule is COc1c(C(N)CSC2CCCCC2)ccc(C)c1C. The van der Waals surface area contributed by atoms with E-state index >= 15 is 0 Å². The molecule has 1 aromatic rings. The van der Waals surface area contributed by atoms with Crippen molar-refractivity contribution >= 4 is 11.8 Å². The van der Waals surface area contributed by atoms with Gasteiger partial charge in [0.2, 0.25) is 0 Å².